The molecule has 0 aromatic rings. The molecule has 19 heteroatoms. The second-order valence-electron chi connectivity index (χ2n) is 26.0. The van der Waals surface area contributed by atoms with Gasteiger partial charge in [0.05, 0.1) is 26.4 Å². The second-order valence-corrected chi connectivity index (χ2v) is 28.9. The number of rotatable bonds is 66. The SMILES string of the molecule is CCCCCCCCCC(=O)OC[C@H](COP(=O)(O)OC[C@H](O)COP(=O)(O)OC[C@@H](COC(=O)CCCCCCCCCCCCC(C)C)OC(=O)CCCCCCCCCCCCCCCCC(C)C)OC(=O)CCCCCCCCCC(C)C. The molecule has 0 aromatic carbocycles. The van der Waals surface area contributed by atoms with Crippen molar-refractivity contribution in [2.45, 2.75) is 356 Å². The standard InChI is InChI=1S/C68H132O17P2/c1-8-9-10-11-25-35-42-49-65(70)78-55-63(85-68(73)52-45-38-31-24-28-34-41-48-61(6)7)57-82-86(74,75)80-53-62(69)54-81-87(76,77)83-58-64(56-79-66(71)50-43-36-29-22-19-18-21-27-33-40-47-60(4)5)84-67(72)51-44-37-30-23-17-15-13-12-14-16-20-26-32-39-46-59(2)3/h59-64,69H,8-58H2,1-7H3,(H,74,75)(H,76,77)/t62-,63+,64+/m0/s1. The van der Waals surface area contributed by atoms with Crippen LogP contribution >= 0.6 is 15.6 Å². The Kier molecular flexibility index (Phi) is 57.8. The van der Waals surface area contributed by atoms with Crippen LogP contribution in [-0.4, -0.2) is 96.7 Å². The Morgan fingerprint density at radius 3 is 0.782 bits per heavy atom. The lowest BCUT2D eigenvalue weighted by atomic mass is 10.0. The van der Waals surface area contributed by atoms with Crippen LogP contribution in [0.2, 0.25) is 0 Å². The summed E-state index contributed by atoms with van der Waals surface area (Å²) in [6.45, 7) is 11.7. The van der Waals surface area contributed by atoms with Gasteiger partial charge >= 0.3 is 39.5 Å². The van der Waals surface area contributed by atoms with Crippen molar-refractivity contribution in [3.8, 4) is 0 Å². The maximum absolute atomic E-state index is 13.0. The largest absolute Gasteiger partial charge is 0.472 e. The van der Waals surface area contributed by atoms with Crippen LogP contribution in [0, 0.1) is 17.8 Å². The molecule has 0 spiro atoms. The summed E-state index contributed by atoms with van der Waals surface area (Å²) in [6.07, 6.45) is 41.9. The van der Waals surface area contributed by atoms with Crippen molar-refractivity contribution >= 4 is 39.5 Å². The van der Waals surface area contributed by atoms with E-state index in [9.17, 15) is 43.2 Å². The summed E-state index contributed by atoms with van der Waals surface area (Å²) in [5, 5.41) is 10.6. The zero-order valence-corrected chi connectivity index (χ0v) is 58.3. The summed E-state index contributed by atoms with van der Waals surface area (Å²) in [5.41, 5.74) is 0. The Morgan fingerprint density at radius 1 is 0.310 bits per heavy atom. The predicted molar refractivity (Wildman–Crippen MR) is 349 cm³/mol. The summed E-state index contributed by atoms with van der Waals surface area (Å²) in [6, 6.07) is 0. The van der Waals surface area contributed by atoms with E-state index in [0.29, 0.717) is 31.6 Å². The molecule has 0 aliphatic rings. The van der Waals surface area contributed by atoms with Crippen molar-refractivity contribution in [1.29, 1.82) is 0 Å². The van der Waals surface area contributed by atoms with Crippen LogP contribution in [0.3, 0.4) is 0 Å². The number of carbonyl (C=O) groups excluding carboxylic acids is 4. The van der Waals surface area contributed by atoms with Crippen molar-refractivity contribution in [2.75, 3.05) is 39.6 Å². The fourth-order valence-corrected chi connectivity index (χ4v) is 11.8. The van der Waals surface area contributed by atoms with E-state index < -0.39 is 97.5 Å². The minimum absolute atomic E-state index is 0.103. The molecule has 0 fully saturated rings. The Bertz CT molecular complexity index is 1720. The van der Waals surface area contributed by atoms with Gasteiger partial charge in [0.15, 0.2) is 12.2 Å². The van der Waals surface area contributed by atoms with Gasteiger partial charge in [-0.05, 0) is 43.4 Å². The van der Waals surface area contributed by atoms with Gasteiger partial charge in [-0.1, -0.05) is 286 Å². The molecule has 0 aliphatic heterocycles. The summed E-state index contributed by atoms with van der Waals surface area (Å²) < 4.78 is 68.1. The third kappa shape index (κ3) is 62.6. The molecule has 0 aromatic heterocycles. The number of aliphatic hydroxyl groups is 1. The maximum atomic E-state index is 13.0. The average molecular weight is 1280 g/mol. The van der Waals surface area contributed by atoms with E-state index in [1.54, 1.807) is 0 Å². The first kappa shape index (κ1) is 85.1. The lowest BCUT2D eigenvalue weighted by Crippen LogP contribution is -2.30. The Balaban J connectivity index is 5.20. The molecule has 0 bridgehead atoms. The van der Waals surface area contributed by atoms with Crippen LogP contribution in [0.25, 0.3) is 0 Å². The number of unbranched alkanes of at least 4 members (excludes halogenated alkanes) is 34. The minimum atomic E-state index is -4.95. The molecule has 5 atom stereocenters. The molecule has 17 nitrogen and oxygen atoms in total. The fourth-order valence-electron chi connectivity index (χ4n) is 10.2. The lowest BCUT2D eigenvalue weighted by molar-refractivity contribution is -0.161. The van der Waals surface area contributed by atoms with Crippen molar-refractivity contribution in [3.63, 3.8) is 0 Å². The van der Waals surface area contributed by atoms with E-state index in [2.05, 4.69) is 48.5 Å². The smallest absolute Gasteiger partial charge is 0.462 e. The topological polar surface area (TPSA) is 237 Å². The minimum Gasteiger partial charge on any atom is -0.462 e. The monoisotopic (exact) mass is 1280 g/mol. The van der Waals surface area contributed by atoms with E-state index in [-0.39, 0.29) is 25.7 Å². The molecule has 516 valence electrons. The number of esters is 4. The van der Waals surface area contributed by atoms with Gasteiger partial charge in [0.1, 0.15) is 19.3 Å². The number of phosphoric ester groups is 2. The number of hydrogen-bond acceptors (Lipinski definition) is 15. The molecule has 0 aliphatic carbocycles. The Hall–Kier alpha value is -1.94. The van der Waals surface area contributed by atoms with Crippen LogP contribution in [0.5, 0.6) is 0 Å². The number of phosphoric acid groups is 2. The third-order valence-corrected chi connectivity index (χ3v) is 17.5. The van der Waals surface area contributed by atoms with Gasteiger partial charge in [-0.15, -0.1) is 0 Å². The van der Waals surface area contributed by atoms with Crippen LogP contribution < -0.4 is 0 Å². The predicted octanol–water partition coefficient (Wildman–Crippen LogP) is 19.1. The number of hydrogen-bond donors (Lipinski definition) is 3. The van der Waals surface area contributed by atoms with Gasteiger partial charge < -0.3 is 33.8 Å². The maximum Gasteiger partial charge on any atom is 0.472 e. The Labute approximate surface area is 530 Å². The Morgan fingerprint density at radius 2 is 0.529 bits per heavy atom. The number of aliphatic hydroxyl groups excluding tert-OH is 1. The molecular weight excluding hydrogens is 1150 g/mol. The first-order valence-electron chi connectivity index (χ1n) is 35.3. The molecule has 87 heavy (non-hydrogen) atoms. The molecule has 0 rings (SSSR count). The van der Waals surface area contributed by atoms with Crippen molar-refractivity contribution in [3.05, 3.63) is 0 Å². The van der Waals surface area contributed by atoms with Gasteiger partial charge in [-0.25, -0.2) is 9.13 Å². The van der Waals surface area contributed by atoms with Gasteiger partial charge in [0, 0.05) is 25.7 Å². The second kappa shape index (κ2) is 59.1. The van der Waals surface area contributed by atoms with E-state index in [0.717, 1.165) is 115 Å². The van der Waals surface area contributed by atoms with Crippen molar-refractivity contribution in [2.24, 2.45) is 17.8 Å². The van der Waals surface area contributed by atoms with Gasteiger partial charge in [0.2, 0.25) is 0 Å². The summed E-state index contributed by atoms with van der Waals surface area (Å²) in [7, 11) is -9.89. The van der Waals surface area contributed by atoms with Crippen molar-refractivity contribution < 1.29 is 80.2 Å². The molecule has 0 saturated carbocycles. The quantitative estimate of drug-likeness (QED) is 0.0222. The van der Waals surface area contributed by atoms with Crippen LogP contribution in [0.1, 0.15) is 337 Å². The number of ether oxygens (including phenoxy) is 4. The zero-order chi connectivity index (χ0) is 64.5. The zero-order valence-electron chi connectivity index (χ0n) is 56.5. The van der Waals surface area contributed by atoms with Gasteiger partial charge in [0.25, 0.3) is 0 Å². The summed E-state index contributed by atoms with van der Waals surface area (Å²) >= 11 is 0. The molecule has 2 unspecified atom stereocenters. The van der Waals surface area contributed by atoms with Crippen LogP contribution in [0.4, 0.5) is 0 Å². The molecule has 0 heterocycles. The highest BCUT2D eigenvalue weighted by atomic mass is 31.2. The highest BCUT2D eigenvalue weighted by Gasteiger charge is 2.30. The van der Waals surface area contributed by atoms with Crippen molar-refractivity contribution in [1.82, 2.24) is 0 Å². The van der Waals surface area contributed by atoms with E-state index in [1.165, 1.54) is 135 Å². The third-order valence-electron chi connectivity index (χ3n) is 15.6. The summed E-state index contributed by atoms with van der Waals surface area (Å²) in [4.78, 5) is 72.3. The van der Waals surface area contributed by atoms with Gasteiger partial charge in [-0.3, -0.25) is 37.3 Å². The first-order valence-corrected chi connectivity index (χ1v) is 38.3. The van der Waals surface area contributed by atoms with E-state index >= 15 is 0 Å². The number of carbonyl (C=O) groups is 4. The summed E-state index contributed by atoms with van der Waals surface area (Å²) in [5.74, 6) is 0.114. The highest BCUT2D eigenvalue weighted by molar-refractivity contribution is 7.47. The first-order chi connectivity index (χ1) is 41.7. The highest BCUT2D eigenvalue weighted by Crippen LogP contribution is 2.45. The van der Waals surface area contributed by atoms with Crippen LogP contribution in [0.15, 0.2) is 0 Å². The van der Waals surface area contributed by atoms with E-state index in [4.69, 9.17) is 37.0 Å². The average Bonchev–Trinajstić information content (AvgIpc) is 3.65. The molecule has 0 radical (unpaired) electrons. The molecular formula is C68H132O17P2. The lowest BCUT2D eigenvalue weighted by Gasteiger charge is -2.21. The molecule has 0 saturated heterocycles. The fraction of sp³-hybridized carbons (Fsp3) is 0.941. The van der Waals surface area contributed by atoms with E-state index in [1.807, 2.05) is 0 Å². The normalized spacial score (nSPS) is 14.3. The van der Waals surface area contributed by atoms with Crippen LogP contribution in [-0.2, 0) is 65.4 Å². The molecule has 3 N–H and O–H groups in total. The van der Waals surface area contributed by atoms with Gasteiger partial charge in [-0.2, -0.15) is 0 Å². The molecule has 0 amide bonds.